The number of nitrogens with zero attached hydrogens (tertiary/aromatic N) is 5. The molecule has 28 heavy (non-hydrogen) atoms. The summed E-state index contributed by atoms with van der Waals surface area (Å²) in [6.07, 6.45) is 1.69. The lowest BCUT2D eigenvalue weighted by Gasteiger charge is -2.26. The molecule has 140 valence electrons. The first kappa shape index (κ1) is 18.2. The number of guanidine groups is 1. The number of aromatic hydroxyl groups is 1. The number of nitro benzene ring substituents is 1. The van der Waals surface area contributed by atoms with Gasteiger partial charge in [-0.25, -0.2) is 9.98 Å². The summed E-state index contributed by atoms with van der Waals surface area (Å²) in [5, 5.41) is 44.9. The number of nitro groups is 1. The number of rotatable bonds is 2. The van der Waals surface area contributed by atoms with Crippen LogP contribution in [0.2, 0.25) is 0 Å². The van der Waals surface area contributed by atoms with Gasteiger partial charge in [-0.2, -0.15) is 10.5 Å². The molecule has 1 unspecified atom stereocenters. The van der Waals surface area contributed by atoms with Crippen molar-refractivity contribution in [3.63, 3.8) is 0 Å². The molecule has 1 atom stereocenters. The van der Waals surface area contributed by atoms with Crippen molar-refractivity contribution in [3.8, 4) is 18.0 Å². The average molecular weight is 379 g/mol. The van der Waals surface area contributed by atoms with Crippen LogP contribution in [0.1, 0.15) is 28.3 Å². The lowest BCUT2D eigenvalue weighted by Crippen LogP contribution is -2.32. The zero-order valence-corrected chi connectivity index (χ0v) is 14.4. The molecule has 12 nitrogen and oxygen atoms in total. The first-order valence-corrected chi connectivity index (χ1v) is 7.75. The fourth-order valence-electron chi connectivity index (χ4n) is 2.92. The van der Waals surface area contributed by atoms with Crippen LogP contribution in [0.4, 0.5) is 23.0 Å². The Morgan fingerprint density at radius 2 is 2.11 bits per heavy atom. The summed E-state index contributed by atoms with van der Waals surface area (Å²) in [5.74, 6) is -0.328. The molecule has 0 fully saturated rings. The Kier molecular flexibility index (Phi) is 4.31. The Balaban J connectivity index is 2.33. The molecule has 0 saturated carbocycles. The number of hydrogen-bond acceptors (Lipinski definition) is 11. The second kappa shape index (κ2) is 6.62. The second-order valence-corrected chi connectivity index (χ2v) is 5.86. The van der Waals surface area contributed by atoms with E-state index in [0.29, 0.717) is 0 Å². The molecule has 1 aromatic heterocycles. The Morgan fingerprint density at radius 1 is 1.39 bits per heavy atom. The molecule has 0 radical (unpaired) electrons. The van der Waals surface area contributed by atoms with Gasteiger partial charge in [-0.15, -0.1) is 0 Å². The van der Waals surface area contributed by atoms with E-state index in [1.165, 1.54) is 19.1 Å². The molecule has 0 spiro atoms. The average Bonchev–Trinajstić information content (AvgIpc) is 2.61. The third kappa shape index (κ3) is 2.81. The van der Waals surface area contributed by atoms with Gasteiger partial charge >= 0.3 is 0 Å². The smallest absolute Gasteiger partial charge is 0.272 e. The van der Waals surface area contributed by atoms with E-state index in [4.69, 9.17) is 16.7 Å². The minimum absolute atomic E-state index is 0.0290. The topological polar surface area (TPSA) is 212 Å². The van der Waals surface area contributed by atoms with E-state index >= 15 is 0 Å². The SMILES string of the molecule is Cc1cc(O)c(C2N=C(NC#N)Nc3nc(N)c(C#N)c(N)c32)cc1[N+](=O)[O-]. The summed E-state index contributed by atoms with van der Waals surface area (Å²) in [4.78, 5) is 19.1. The van der Waals surface area contributed by atoms with Crippen LogP contribution < -0.4 is 22.1 Å². The largest absolute Gasteiger partial charge is 0.508 e. The van der Waals surface area contributed by atoms with Crippen molar-refractivity contribution >= 4 is 29.0 Å². The summed E-state index contributed by atoms with van der Waals surface area (Å²) in [6, 6.07) is 3.17. The first-order chi connectivity index (χ1) is 13.3. The fraction of sp³-hybridized carbons (Fsp3) is 0.125. The Labute approximate surface area is 157 Å². The lowest BCUT2D eigenvalue weighted by atomic mass is 9.93. The van der Waals surface area contributed by atoms with Crippen molar-refractivity contribution in [2.45, 2.75) is 13.0 Å². The van der Waals surface area contributed by atoms with Crippen molar-refractivity contribution in [1.29, 1.82) is 10.5 Å². The number of aromatic nitrogens is 1. The number of nitrogens with one attached hydrogen (secondary N) is 2. The number of hydrogen-bond donors (Lipinski definition) is 5. The van der Waals surface area contributed by atoms with Crippen LogP contribution in [0.5, 0.6) is 5.75 Å². The number of nitriles is 2. The molecule has 12 heteroatoms. The van der Waals surface area contributed by atoms with Crippen LogP contribution in [0.25, 0.3) is 0 Å². The van der Waals surface area contributed by atoms with Crippen molar-refractivity contribution in [2.24, 2.45) is 4.99 Å². The van der Waals surface area contributed by atoms with Gasteiger partial charge in [-0.3, -0.25) is 15.4 Å². The Morgan fingerprint density at radius 3 is 2.71 bits per heavy atom. The maximum absolute atomic E-state index is 11.3. The molecule has 0 aliphatic carbocycles. The van der Waals surface area contributed by atoms with Crippen LogP contribution >= 0.6 is 0 Å². The number of nitrogen functional groups attached to an aromatic ring is 2. The van der Waals surface area contributed by atoms with Crippen molar-refractivity contribution < 1.29 is 10.0 Å². The van der Waals surface area contributed by atoms with Crippen molar-refractivity contribution in [1.82, 2.24) is 10.3 Å². The Hall–Kier alpha value is -4.58. The van der Waals surface area contributed by atoms with Gasteiger partial charge in [0.2, 0.25) is 5.96 Å². The van der Waals surface area contributed by atoms with Crippen LogP contribution in [-0.2, 0) is 0 Å². The maximum Gasteiger partial charge on any atom is 0.272 e. The molecular formula is C16H13N9O3. The summed E-state index contributed by atoms with van der Waals surface area (Å²) >= 11 is 0. The normalized spacial score (nSPS) is 14.7. The molecule has 0 saturated heterocycles. The number of benzene rings is 1. The van der Waals surface area contributed by atoms with Gasteiger partial charge in [-0.05, 0) is 13.0 Å². The predicted octanol–water partition coefficient (Wildman–Crippen LogP) is 0.981. The van der Waals surface area contributed by atoms with E-state index in [1.807, 2.05) is 6.07 Å². The third-order valence-electron chi connectivity index (χ3n) is 4.19. The van der Waals surface area contributed by atoms with E-state index < -0.39 is 11.0 Å². The van der Waals surface area contributed by atoms with Gasteiger partial charge in [0.15, 0.2) is 6.19 Å². The highest BCUT2D eigenvalue weighted by atomic mass is 16.6. The number of anilines is 3. The van der Waals surface area contributed by atoms with Crippen LogP contribution in [-0.4, -0.2) is 21.0 Å². The van der Waals surface area contributed by atoms with E-state index in [9.17, 15) is 20.5 Å². The minimum atomic E-state index is -1.08. The fourth-order valence-corrected chi connectivity index (χ4v) is 2.92. The molecule has 1 aliphatic rings. The van der Waals surface area contributed by atoms with Gasteiger partial charge in [0.25, 0.3) is 5.69 Å². The van der Waals surface area contributed by atoms with E-state index in [-0.39, 0.29) is 57.0 Å². The highest BCUT2D eigenvalue weighted by molar-refractivity contribution is 5.98. The predicted molar refractivity (Wildman–Crippen MR) is 98.9 cm³/mol. The van der Waals surface area contributed by atoms with Crippen LogP contribution in [0, 0.1) is 39.8 Å². The number of fused-ring (bicyclic) bond motifs is 1. The molecule has 3 rings (SSSR count). The first-order valence-electron chi connectivity index (χ1n) is 7.75. The van der Waals surface area contributed by atoms with Gasteiger partial charge < -0.3 is 21.9 Å². The summed E-state index contributed by atoms with van der Waals surface area (Å²) < 4.78 is 0. The van der Waals surface area contributed by atoms with Crippen LogP contribution in [0.15, 0.2) is 17.1 Å². The number of pyridine rings is 1. The quantitative estimate of drug-likeness (QED) is 0.216. The van der Waals surface area contributed by atoms with Gasteiger partial charge in [-0.1, -0.05) is 0 Å². The number of phenolic OH excluding ortho intramolecular Hbond substituents is 1. The zero-order chi connectivity index (χ0) is 20.6. The molecule has 1 aliphatic heterocycles. The van der Waals surface area contributed by atoms with Crippen molar-refractivity contribution in [3.05, 3.63) is 44.5 Å². The van der Waals surface area contributed by atoms with Gasteiger partial charge in [0.05, 0.1) is 10.6 Å². The zero-order valence-electron chi connectivity index (χ0n) is 14.4. The molecule has 0 amide bonds. The van der Waals surface area contributed by atoms with Gasteiger partial charge in [0, 0.05) is 22.8 Å². The lowest BCUT2D eigenvalue weighted by molar-refractivity contribution is -0.385. The molecule has 0 bridgehead atoms. The summed E-state index contributed by atoms with van der Waals surface area (Å²) in [7, 11) is 0. The third-order valence-corrected chi connectivity index (χ3v) is 4.19. The maximum atomic E-state index is 11.3. The monoisotopic (exact) mass is 379 g/mol. The van der Waals surface area contributed by atoms with E-state index in [1.54, 1.807) is 6.19 Å². The molecule has 1 aromatic carbocycles. The number of phenols is 1. The highest BCUT2D eigenvalue weighted by Gasteiger charge is 2.32. The minimum Gasteiger partial charge on any atom is -0.508 e. The van der Waals surface area contributed by atoms with Crippen molar-refractivity contribution in [2.75, 3.05) is 16.8 Å². The highest BCUT2D eigenvalue weighted by Crippen LogP contribution is 2.44. The number of nitrogens with two attached hydrogens (primary N) is 2. The standard InChI is InChI=1S/C16H13N9O3/c1-6-2-10(26)7(3-9(6)25(27)28)13-11-12(19)8(4-17)14(20)23-15(11)24-16(22-13)21-5-18/h2-3,13,26H,1H3,(H6,19,20,21,22,23,24). The molecule has 2 aromatic rings. The number of aliphatic imine (C=N–C) groups is 1. The molecule has 7 N–H and O–H groups in total. The molecular weight excluding hydrogens is 366 g/mol. The number of aryl methyl sites for hydroxylation is 1. The van der Waals surface area contributed by atoms with E-state index in [2.05, 4.69) is 20.6 Å². The van der Waals surface area contributed by atoms with Gasteiger partial charge in [0.1, 0.15) is 35.1 Å². The van der Waals surface area contributed by atoms with Crippen LogP contribution in [0.3, 0.4) is 0 Å². The molecule has 2 heterocycles. The van der Waals surface area contributed by atoms with E-state index in [0.717, 1.165) is 0 Å². The second-order valence-electron chi connectivity index (χ2n) is 5.86. The summed E-state index contributed by atoms with van der Waals surface area (Å²) in [6.45, 7) is 1.48. The Bertz CT molecular complexity index is 1130. The summed E-state index contributed by atoms with van der Waals surface area (Å²) in [5.41, 5.74) is 12.0.